The fourth-order valence-electron chi connectivity index (χ4n) is 1.22. The average Bonchev–Trinajstić information content (AvgIpc) is 1.83. The molecule has 78 valence electrons. The Balaban J connectivity index is 4.71. The molecule has 0 aliphatic carbocycles. The summed E-state index contributed by atoms with van der Waals surface area (Å²) in [5.41, 5.74) is -1.00. The molecule has 0 bridgehead atoms. The molecule has 13 heavy (non-hydrogen) atoms. The summed E-state index contributed by atoms with van der Waals surface area (Å²) in [5, 5.41) is 8.79. The minimum absolute atomic E-state index is 0.119. The summed E-state index contributed by atoms with van der Waals surface area (Å²) in [6.45, 7) is 6.11. The van der Waals surface area contributed by atoms with Crippen LogP contribution in [0.5, 0.6) is 0 Å². The van der Waals surface area contributed by atoms with Gasteiger partial charge in [-0.1, -0.05) is 0 Å². The van der Waals surface area contributed by atoms with Crippen LogP contribution in [0, 0.1) is 5.41 Å². The lowest BCUT2D eigenvalue weighted by Gasteiger charge is -2.27. The van der Waals surface area contributed by atoms with Crippen LogP contribution in [0.2, 0.25) is 0 Å². The van der Waals surface area contributed by atoms with Gasteiger partial charge in [-0.25, -0.2) is 8.42 Å². The third-order valence-corrected chi connectivity index (χ3v) is 3.09. The molecule has 0 unspecified atom stereocenters. The number of hydrogen-bond acceptors (Lipinski definition) is 3. The SMILES string of the molecule is CC(C)(CC(C)(C)[SH](=O)=O)C(=O)O. The fourth-order valence-corrected chi connectivity index (χ4v) is 1.75. The number of hydrogen-bond donors (Lipinski definition) is 2. The molecule has 0 aliphatic heterocycles. The van der Waals surface area contributed by atoms with E-state index >= 15 is 0 Å². The molecule has 0 saturated carbocycles. The Bertz CT molecular complexity index is 268. The molecule has 0 aromatic heterocycles. The number of carboxylic acids is 1. The molecule has 4 nitrogen and oxygen atoms in total. The first-order valence-electron chi connectivity index (χ1n) is 3.97. The maximum Gasteiger partial charge on any atom is 0.309 e. The first-order chi connectivity index (χ1) is 5.59. The van der Waals surface area contributed by atoms with Crippen LogP contribution in [-0.2, 0) is 15.5 Å². The van der Waals surface area contributed by atoms with Gasteiger partial charge in [0.25, 0.3) is 0 Å². The van der Waals surface area contributed by atoms with Crippen molar-refractivity contribution in [1.82, 2.24) is 0 Å². The average molecular weight is 208 g/mol. The van der Waals surface area contributed by atoms with Gasteiger partial charge in [0.1, 0.15) is 10.7 Å². The van der Waals surface area contributed by atoms with Crippen molar-refractivity contribution < 1.29 is 18.3 Å². The van der Waals surface area contributed by atoms with Crippen molar-refractivity contribution in [3.63, 3.8) is 0 Å². The molecule has 5 heteroatoms. The molecule has 0 spiro atoms. The summed E-state index contributed by atoms with van der Waals surface area (Å²) in [7, 11) is -2.60. The van der Waals surface area contributed by atoms with E-state index in [4.69, 9.17) is 5.11 Å². The largest absolute Gasteiger partial charge is 0.481 e. The third-order valence-electron chi connectivity index (χ3n) is 1.95. The van der Waals surface area contributed by atoms with Crippen LogP contribution < -0.4 is 0 Å². The summed E-state index contributed by atoms with van der Waals surface area (Å²) in [6, 6.07) is 0. The molecule has 0 fully saturated rings. The van der Waals surface area contributed by atoms with E-state index in [0.717, 1.165) is 0 Å². The Morgan fingerprint density at radius 1 is 1.23 bits per heavy atom. The van der Waals surface area contributed by atoms with Crippen molar-refractivity contribution >= 4 is 16.7 Å². The Morgan fingerprint density at radius 3 is 1.85 bits per heavy atom. The van der Waals surface area contributed by atoms with Crippen LogP contribution in [0.15, 0.2) is 0 Å². The van der Waals surface area contributed by atoms with Crippen molar-refractivity contribution in [2.75, 3.05) is 0 Å². The highest BCUT2D eigenvalue weighted by Gasteiger charge is 2.36. The van der Waals surface area contributed by atoms with Gasteiger partial charge in [-0.2, -0.15) is 0 Å². The summed E-state index contributed by atoms with van der Waals surface area (Å²) in [4.78, 5) is 10.7. The van der Waals surface area contributed by atoms with E-state index in [1.165, 1.54) is 27.7 Å². The van der Waals surface area contributed by atoms with Gasteiger partial charge >= 0.3 is 5.97 Å². The molecule has 0 radical (unpaired) electrons. The first kappa shape index (κ1) is 12.4. The lowest BCUT2D eigenvalue weighted by Crippen LogP contribution is -2.35. The minimum Gasteiger partial charge on any atom is -0.481 e. The zero-order chi connectivity index (χ0) is 10.9. The van der Waals surface area contributed by atoms with Crippen LogP contribution in [0.25, 0.3) is 0 Å². The van der Waals surface area contributed by atoms with E-state index in [9.17, 15) is 13.2 Å². The maximum absolute atomic E-state index is 10.8. The van der Waals surface area contributed by atoms with Crippen LogP contribution in [0.3, 0.4) is 0 Å². The van der Waals surface area contributed by atoms with Gasteiger partial charge in [0.2, 0.25) is 0 Å². The second-order valence-electron chi connectivity index (χ2n) is 4.44. The van der Waals surface area contributed by atoms with Crippen molar-refractivity contribution in [2.45, 2.75) is 38.9 Å². The fraction of sp³-hybridized carbons (Fsp3) is 0.875. The number of rotatable bonds is 4. The van der Waals surface area contributed by atoms with Crippen LogP contribution in [0.1, 0.15) is 34.1 Å². The molecule has 0 aromatic carbocycles. The van der Waals surface area contributed by atoms with Gasteiger partial charge in [0, 0.05) is 0 Å². The molecule has 0 aliphatic rings. The number of thiol groups is 1. The predicted octanol–water partition coefficient (Wildman–Crippen LogP) is 0.877. The summed E-state index contributed by atoms with van der Waals surface area (Å²) < 4.78 is 20.6. The summed E-state index contributed by atoms with van der Waals surface area (Å²) in [6.07, 6.45) is 0.119. The Morgan fingerprint density at radius 2 is 1.62 bits per heavy atom. The molecule has 0 atom stereocenters. The van der Waals surface area contributed by atoms with Crippen molar-refractivity contribution in [3.05, 3.63) is 0 Å². The lowest BCUT2D eigenvalue weighted by molar-refractivity contribution is -0.147. The zero-order valence-corrected chi connectivity index (χ0v) is 9.22. The second-order valence-corrected chi connectivity index (χ2v) is 6.16. The Kier molecular flexibility index (Phi) is 3.49. The second kappa shape index (κ2) is 3.65. The quantitative estimate of drug-likeness (QED) is 0.673. The maximum atomic E-state index is 10.8. The van der Waals surface area contributed by atoms with Gasteiger partial charge in [-0.05, 0) is 34.1 Å². The van der Waals surface area contributed by atoms with Gasteiger partial charge in [-0.15, -0.1) is 0 Å². The van der Waals surface area contributed by atoms with Crippen LogP contribution in [-0.4, -0.2) is 24.2 Å². The van der Waals surface area contributed by atoms with Gasteiger partial charge in [-0.3, -0.25) is 4.79 Å². The van der Waals surface area contributed by atoms with Crippen LogP contribution >= 0.6 is 0 Å². The van der Waals surface area contributed by atoms with Gasteiger partial charge in [0.05, 0.1) is 10.2 Å². The number of carboxylic acid groups (broad SMARTS) is 1. The van der Waals surface area contributed by atoms with E-state index in [1.807, 2.05) is 0 Å². The zero-order valence-electron chi connectivity index (χ0n) is 8.33. The van der Waals surface area contributed by atoms with Crippen molar-refractivity contribution in [2.24, 2.45) is 5.41 Å². The number of aliphatic carboxylic acids is 1. The molecule has 0 amide bonds. The van der Waals surface area contributed by atoms with Crippen molar-refractivity contribution in [3.8, 4) is 0 Å². The molecule has 0 heterocycles. The summed E-state index contributed by atoms with van der Waals surface area (Å²) in [5.74, 6) is -0.975. The third kappa shape index (κ3) is 3.34. The predicted molar refractivity (Wildman–Crippen MR) is 50.4 cm³/mol. The smallest absolute Gasteiger partial charge is 0.309 e. The van der Waals surface area contributed by atoms with Crippen LogP contribution in [0.4, 0.5) is 0 Å². The molecule has 0 saturated heterocycles. The van der Waals surface area contributed by atoms with Crippen molar-refractivity contribution in [1.29, 1.82) is 0 Å². The topological polar surface area (TPSA) is 71.4 Å². The Hall–Kier alpha value is -0.580. The first-order valence-corrected chi connectivity index (χ1v) is 5.15. The van der Waals surface area contributed by atoms with E-state index in [0.29, 0.717) is 0 Å². The van der Waals surface area contributed by atoms with E-state index < -0.39 is 26.8 Å². The van der Waals surface area contributed by atoms with E-state index in [1.54, 1.807) is 0 Å². The molecular weight excluding hydrogens is 192 g/mol. The highest BCUT2D eigenvalue weighted by atomic mass is 32.2. The van der Waals surface area contributed by atoms with E-state index in [-0.39, 0.29) is 6.42 Å². The monoisotopic (exact) mass is 208 g/mol. The van der Waals surface area contributed by atoms with Gasteiger partial charge < -0.3 is 5.11 Å². The Labute approximate surface area is 79.9 Å². The number of carbonyl (C=O) groups is 1. The molecule has 0 rings (SSSR count). The highest BCUT2D eigenvalue weighted by molar-refractivity contribution is 7.74. The lowest BCUT2D eigenvalue weighted by atomic mass is 9.84. The molecule has 1 N–H and O–H groups in total. The molecular formula is C8H16O4S. The normalized spacial score (nSPS) is 13.3. The standard InChI is InChI=1S/C8H16O4S/c1-7(2,6(9)10)5-8(3,4)13(11)12/h13H,5H2,1-4H3,(H,9,10). The highest BCUT2D eigenvalue weighted by Crippen LogP contribution is 2.29. The molecule has 0 aromatic rings. The minimum atomic E-state index is -2.60. The van der Waals surface area contributed by atoms with E-state index in [2.05, 4.69) is 0 Å². The van der Waals surface area contributed by atoms with Gasteiger partial charge in [0.15, 0.2) is 0 Å². The summed E-state index contributed by atoms with van der Waals surface area (Å²) >= 11 is 0.